The van der Waals surface area contributed by atoms with Gasteiger partial charge in [0.05, 0.1) is 11.0 Å². The van der Waals surface area contributed by atoms with Gasteiger partial charge in [0.2, 0.25) is 0 Å². The lowest BCUT2D eigenvalue weighted by molar-refractivity contribution is -0.384. The average molecular weight is 271 g/mol. The van der Waals surface area contributed by atoms with Gasteiger partial charge in [0.25, 0.3) is 11.6 Å². The predicted octanol–water partition coefficient (Wildman–Crippen LogP) is 2.48. The van der Waals surface area contributed by atoms with Gasteiger partial charge in [0.1, 0.15) is 0 Å². The van der Waals surface area contributed by atoms with E-state index >= 15 is 0 Å². The zero-order chi connectivity index (χ0) is 14.5. The molecule has 102 valence electrons. The number of amides is 1. The smallest absolute Gasteiger partial charge is 0.269 e. The SMILES string of the molecule is C[C@@H](NC(=O)c1ccc([N+](=O)[O-])cc1)c1ccncc1. The molecule has 20 heavy (non-hydrogen) atoms. The molecule has 0 aliphatic rings. The second kappa shape index (κ2) is 5.92. The predicted molar refractivity (Wildman–Crippen MR) is 73.2 cm³/mol. The fraction of sp³-hybridized carbons (Fsp3) is 0.143. The highest BCUT2D eigenvalue weighted by molar-refractivity contribution is 5.94. The lowest BCUT2D eigenvalue weighted by Crippen LogP contribution is -2.26. The van der Waals surface area contributed by atoms with Crippen molar-refractivity contribution in [3.8, 4) is 0 Å². The van der Waals surface area contributed by atoms with Gasteiger partial charge < -0.3 is 5.32 Å². The van der Waals surface area contributed by atoms with E-state index in [1.54, 1.807) is 12.4 Å². The summed E-state index contributed by atoms with van der Waals surface area (Å²) in [5.74, 6) is -0.274. The van der Waals surface area contributed by atoms with Crippen molar-refractivity contribution >= 4 is 11.6 Å². The first-order valence-corrected chi connectivity index (χ1v) is 6.03. The van der Waals surface area contributed by atoms with Gasteiger partial charge in [-0.2, -0.15) is 0 Å². The zero-order valence-electron chi connectivity index (χ0n) is 10.8. The number of hydrogen-bond acceptors (Lipinski definition) is 4. The van der Waals surface area contributed by atoms with E-state index in [1.165, 1.54) is 24.3 Å². The van der Waals surface area contributed by atoms with Crippen LogP contribution < -0.4 is 5.32 Å². The maximum atomic E-state index is 12.0. The number of carbonyl (C=O) groups is 1. The molecule has 2 aromatic rings. The van der Waals surface area contributed by atoms with Crippen LogP contribution in [0.3, 0.4) is 0 Å². The summed E-state index contributed by atoms with van der Waals surface area (Å²) < 4.78 is 0. The molecule has 1 aromatic heterocycles. The highest BCUT2D eigenvalue weighted by atomic mass is 16.6. The molecule has 1 atom stereocenters. The molecule has 0 aliphatic heterocycles. The van der Waals surface area contributed by atoms with E-state index in [0.717, 1.165) is 5.56 Å². The molecule has 1 aromatic carbocycles. The van der Waals surface area contributed by atoms with E-state index in [0.29, 0.717) is 5.56 Å². The normalized spacial score (nSPS) is 11.7. The van der Waals surface area contributed by atoms with E-state index in [-0.39, 0.29) is 17.6 Å². The summed E-state index contributed by atoms with van der Waals surface area (Å²) in [5, 5.41) is 13.4. The van der Waals surface area contributed by atoms with Crippen LogP contribution in [-0.4, -0.2) is 15.8 Å². The third-order valence-corrected chi connectivity index (χ3v) is 2.89. The molecular formula is C14H13N3O3. The van der Waals surface area contributed by atoms with Crippen molar-refractivity contribution in [3.05, 3.63) is 70.0 Å². The van der Waals surface area contributed by atoms with Crippen LogP contribution >= 0.6 is 0 Å². The standard InChI is InChI=1S/C14H13N3O3/c1-10(11-6-8-15-9-7-11)16-14(18)12-2-4-13(5-3-12)17(19)20/h2-10H,1H3,(H,16,18)/t10-/m1/s1. The lowest BCUT2D eigenvalue weighted by Gasteiger charge is -2.13. The van der Waals surface area contributed by atoms with Gasteiger partial charge in [-0.25, -0.2) is 0 Å². The molecule has 0 radical (unpaired) electrons. The fourth-order valence-corrected chi connectivity index (χ4v) is 1.75. The first-order valence-electron chi connectivity index (χ1n) is 6.03. The van der Waals surface area contributed by atoms with Crippen molar-refractivity contribution in [1.29, 1.82) is 0 Å². The number of hydrogen-bond donors (Lipinski definition) is 1. The topological polar surface area (TPSA) is 85.1 Å². The van der Waals surface area contributed by atoms with Gasteiger partial charge in [-0.05, 0) is 36.8 Å². The molecule has 6 heteroatoms. The molecule has 2 rings (SSSR count). The van der Waals surface area contributed by atoms with E-state index in [1.807, 2.05) is 19.1 Å². The van der Waals surface area contributed by atoms with Crippen LogP contribution in [0, 0.1) is 10.1 Å². The third kappa shape index (κ3) is 3.17. The van der Waals surface area contributed by atoms with Crippen molar-refractivity contribution < 1.29 is 9.72 Å². The maximum absolute atomic E-state index is 12.0. The molecule has 1 N–H and O–H groups in total. The Hall–Kier alpha value is -2.76. The van der Waals surface area contributed by atoms with Crippen molar-refractivity contribution in [2.75, 3.05) is 0 Å². The zero-order valence-corrected chi connectivity index (χ0v) is 10.8. The molecule has 6 nitrogen and oxygen atoms in total. The minimum Gasteiger partial charge on any atom is -0.346 e. The number of nitrogens with one attached hydrogen (secondary N) is 1. The lowest BCUT2D eigenvalue weighted by atomic mass is 10.1. The van der Waals surface area contributed by atoms with Crippen molar-refractivity contribution in [3.63, 3.8) is 0 Å². The number of nitro groups is 1. The van der Waals surface area contributed by atoms with Gasteiger partial charge in [-0.15, -0.1) is 0 Å². The number of rotatable bonds is 4. The Labute approximate surface area is 115 Å². The van der Waals surface area contributed by atoms with Crippen LogP contribution in [0.25, 0.3) is 0 Å². The van der Waals surface area contributed by atoms with Crippen molar-refractivity contribution in [1.82, 2.24) is 10.3 Å². The summed E-state index contributed by atoms with van der Waals surface area (Å²) in [4.78, 5) is 26.0. The van der Waals surface area contributed by atoms with Gasteiger partial charge in [-0.3, -0.25) is 19.9 Å². The number of carbonyl (C=O) groups excluding carboxylic acids is 1. The Morgan fingerprint density at radius 3 is 2.35 bits per heavy atom. The molecule has 0 spiro atoms. The summed E-state index contributed by atoms with van der Waals surface area (Å²) in [5.41, 5.74) is 1.29. The van der Waals surface area contributed by atoms with Crippen LogP contribution in [0.15, 0.2) is 48.8 Å². The monoisotopic (exact) mass is 271 g/mol. The molecule has 0 unspecified atom stereocenters. The summed E-state index contributed by atoms with van der Waals surface area (Å²) in [6.07, 6.45) is 3.31. The quantitative estimate of drug-likeness (QED) is 0.683. The Morgan fingerprint density at radius 2 is 1.80 bits per heavy atom. The van der Waals surface area contributed by atoms with Crippen LogP contribution in [0.4, 0.5) is 5.69 Å². The highest BCUT2D eigenvalue weighted by Gasteiger charge is 2.12. The van der Waals surface area contributed by atoms with E-state index < -0.39 is 4.92 Å². The summed E-state index contributed by atoms with van der Waals surface area (Å²) in [6, 6.07) is 8.97. The Kier molecular flexibility index (Phi) is 4.05. The van der Waals surface area contributed by atoms with Crippen molar-refractivity contribution in [2.45, 2.75) is 13.0 Å². The summed E-state index contributed by atoms with van der Waals surface area (Å²) in [6.45, 7) is 1.86. The molecular weight excluding hydrogens is 258 g/mol. The Balaban J connectivity index is 2.06. The molecule has 1 amide bonds. The summed E-state index contributed by atoms with van der Waals surface area (Å²) >= 11 is 0. The van der Waals surface area contributed by atoms with Crippen LogP contribution in [0.1, 0.15) is 28.9 Å². The number of nitrogens with zero attached hydrogens (tertiary/aromatic N) is 2. The first kappa shape index (κ1) is 13.7. The van der Waals surface area contributed by atoms with Gasteiger partial charge in [-0.1, -0.05) is 0 Å². The number of benzene rings is 1. The molecule has 0 saturated heterocycles. The van der Waals surface area contributed by atoms with E-state index in [2.05, 4.69) is 10.3 Å². The van der Waals surface area contributed by atoms with Gasteiger partial charge in [0, 0.05) is 30.1 Å². The molecule has 0 saturated carbocycles. The average Bonchev–Trinajstić information content (AvgIpc) is 2.48. The fourth-order valence-electron chi connectivity index (χ4n) is 1.75. The number of non-ortho nitro benzene ring substituents is 1. The maximum Gasteiger partial charge on any atom is 0.269 e. The van der Waals surface area contributed by atoms with Crippen LogP contribution in [0.2, 0.25) is 0 Å². The number of pyridine rings is 1. The van der Waals surface area contributed by atoms with Crippen molar-refractivity contribution in [2.24, 2.45) is 0 Å². The second-order valence-electron chi connectivity index (χ2n) is 4.28. The van der Waals surface area contributed by atoms with E-state index in [9.17, 15) is 14.9 Å². The number of aromatic nitrogens is 1. The van der Waals surface area contributed by atoms with Crippen LogP contribution in [-0.2, 0) is 0 Å². The molecule has 0 fully saturated rings. The Morgan fingerprint density at radius 1 is 1.20 bits per heavy atom. The third-order valence-electron chi connectivity index (χ3n) is 2.89. The highest BCUT2D eigenvalue weighted by Crippen LogP contribution is 2.14. The minimum atomic E-state index is -0.499. The minimum absolute atomic E-state index is 0.0382. The van der Waals surface area contributed by atoms with Crippen LogP contribution in [0.5, 0.6) is 0 Å². The number of nitro benzene ring substituents is 1. The molecule has 1 heterocycles. The Bertz CT molecular complexity index is 611. The molecule has 0 bridgehead atoms. The first-order chi connectivity index (χ1) is 9.58. The second-order valence-corrected chi connectivity index (χ2v) is 4.28. The van der Waals surface area contributed by atoms with E-state index in [4.69, 9.17) is 0 Å². The summed E-state index contributed by atoms with van der Waals surface area (Å²) in [7, 11) is 0. The largest absolute Gasteiger partial charge is 0.346 e. The van der Waals surface area contributed by atoms with Gasteiger partial charge >= 0.3 is 0 Å². The molecule has 0 aliphatic carbocycles. The van der Waals surface area contributed by atoms with Gasteiger partial charge in [0.15, 0.2) is 0 Å².